The van der Waals surface area contributed by atoms with Crippen molar-refractivity contribution in [3.8, 4) is 0 Å². The highest BCUT2D eigenvalue weighted by Gasteiger charge is 2.23. The lowest BCUT2D eigenvalue weighted by atomic mass is 10.1. The molecule has 2 aromatic rings. The van der Waals surface area contributed by atoms with Crippen molar-refractivity contribution in [2.45, 2.75) is 11.8 Å². The van der Waals surface area contributed by atoms with Crippen LogP contribution in [-0.4, -0.2) is 33.0 Å². The highest BCUT2D eigenvalue weighted by Crippen LogP contribution is 2.22. The van der Waals surface area contributed by atoms with Crippen LogP contribution in [0.3, 0.4) is 0 Å². The van der Waals surface area contributed by atoms with Gasteiger partial charge >= 0.3 is 5.97 Å². The van der Waals surface area contributed by atoms with E-state index in [0.717, 1.165) is 3.57 Å². The van der Waals surface area contributed by atoms with Crippen LogP contribution in [0.15, 0.2) is 47.4 Å². The number of hydrogen-bond donors (Lipinski definition) is 0. The van der Waals surface area contributed by atoms with Gasteiger partial charge < -0.3 is 4.74 Å². The molecule has 0 saturated heterocycles. The van der Waals surface area contributed by atoms with E-state index in [2.05, 4.69) is 27.3 Å². The second kappa shape index (κ2) is 7.43. The third kappa shape index (κ3) is 4.02. The number of esters is 1. The number of hydrogen-bond acceptors (Lipinski definition) is 5. The summed E-state index contributed by atoms with van der Waals surface area (Å²) < 4.78 is 30.4. The van der Waals surface area contributed by atoms with E-state index in [0.29, 0.717) is 11.1 Å². The number of sulfone groups is 1. The SMILES string of the molecule is COC(=O)c1ccc(C(=O)CS(=O)(=O)c2cccc(I)c2C)cc1. The van der Waals surface area contributed by atoms with Crippen molar-refractivity contribution in [3.05, 3.63) is 62.7 Å². The van der Waals surface area contributed by atoms with Gasteiger partial charge in [-0.2, -0.15) is 0 Å². The number of carbonyl (C=O) groups excluding carboxylic acids is 2. The number of carbonyl (C=O) groups is 2. The van der Waals surface area contributed by atoms with Gasteiger partial charge in [-0.25, -0.2) is 13.2 Å². The van der Waals surface area contributed by atoms with E-state index in [1.807, 2.05) is 6.07 Å². The van der Waals surface area contributed by atoms with Crippen molar-refractivity contribution in [2.75, 3.05) is 12.9 Å². The molecule has 2 rings (SSSR count). The predicted octanol–water partition coefficient (Wildman–Crippen LogP) is 3.04. The van der Waals surface area contributed by atoms with E-state index in [4.69, 9.17) is 0 Å². The van der Waals surface area contributed by atoms with Gasteiger partial charge in [0, 0.05) is 9.13 Å². The quantitative estimate of drug-likeness (QED) is 0.391. The molecule has 0 saturated carbocycles. The van der Waals surface area contributed by atoms with E-state index in [1.54, 1.807) is 13.0 Å². The van der Waals surface area contributed by atoms with Crippen LogP contribution in [0.25, 0.3) is 0 Å². The van der Waals surface area contributed by atoms with Gasteiger partial charge in [0.1, 0.15) is 5.75 Å². The molecule has 24 heavy (non-hydrogen) atoms. The van der Waals surface area contributed by atoms with Crippen molar-refractivity contribution in [1.29, 1.82) is 0 Å². The van der Waals surface area contributed by atoms with Gasteiger partial charge in [0.15, 0.2) is 15.6 Å². The van der Waals surface area contributed by atoms with Crippen molar-refractivity contribution in [2.24, 2.45) is 0 Å². The van der Waals surface area contributed by atoms with Crippen LogP contribution in [0.5, 0.6) is 0 Å². The molecule has 5 nitrogen and oxygen atoms in total. The maximum Gasteiger partial charge on any atom is 0.337 e. The summed E-state index contributed by atoms with van der Waals surface area (Å²) >= 11 is 2.06. The van der Waals surface area contributed by atoms with Gasteiger partial charge in [0.2, 0.25) is 0 Å². The van der Waals surface area contributed by atoms with Gasteiger partial charge in [-0.3, -0.25) is 4.79 Å². The molecule has 0 aromatic heterocycles. The average Bonchev–Trinajstić information content (AvgIpc) is 2.56. The molecule has 0 fully saturated rings. The fourth-order valence-corrected chi connectivity index (χ4v) is 4.38. The number of halogens is 1. The van der Waals surface area contributed by atoms with Gasteiger partial charge in [-0.15, -0.1) is 0 Å². The number of benzene rings is 2. The summed E-state index contributed by atoms with van der Waals surface area (Å²) in [7, 11) is -2.48. The van der Waals surface area contributed by atoms with Crippen LogP contribution < -0.4 is 0 Å². The number of rotatable bonds is 5. The van der Waals surface area contributed by atoms with E-state index >= 15 is 0 Å². The Morgan fingerprint density at radius 1 is 1.04 bits per heavy atom. The smallest absolute Gasteiger partial charge is 0.337 e. The number of ether oxygens (including phenoxy) is 1. The fraction of sp³-hybridized carbons (Fsp3) is 0.176. The van der Waals surface area contributed by atoms with Crippen LogP contribution in [0.1, 0.15) is 26.3 Å². The molecule has 0 aliphatic heterocycles. The molecule has 0 aliphatic carbocycles. The van der Waals surface area contributed by atoms with Crippen LogP contribution in [-0.2, 0) is 14.6 Å². The molecule has 2 aromatic carbocycles. The van der Waals surface area contributed by atoms with Crippen molar-refractivity contribution in [3.63, 3.8) is 0 Å². The summed E-state index contributed by atoms with van der Waals surface area (Å²) in [6.07, 6.45) is 0. The summed E-state index contributed by atoms with van der Waals surface area (Å²) in [5, 5.41) is 0. The third-order valence-corrected chi connectivity index (χ3v) is 6.43. The zero-order chi connectivity index (χ0) is 17.9. The molecule has 0 amide bonds. The van der Waals surface area contributed by atoms with Crippen LogP contribution in [0.4, 0.5) is 0 Å². The lowest BCUT2D eigenvalue weighted by molar-refractivity contribution is 0.0600. The summed E-state index contributed by atoms with van der Waals surface area (Å²) in [6.45, 7) is 1.71. The summed E-state index contributed by atoms with van der Waals surface area (Å²) in [5.74, 6) is -1.66. The zero-order valence-electron chi connectivity index (χ0n) is 13.1. The highest BCUT2D eigenvalue weighted by molar-refractivity contribution is 14.1. The Morgan fingerprint density at radius 2 is 1.62 bits per heavy atom. The normalized spacial score (nSPS) is 11.1. The third-order valence-electron chi connectivity index (χ3n) is 3.50. The monoisotopic (exact) mass is 458 g/mol. The van der Waals surface area contributed by atoms with Crippen LogP contribution in [0.2, 0.25) is 0 Å². The second-order valence-corrected chi connectivity index (χ2v) is 8.23. The molecule has 7 heteroatoms. The minimum atomic E-state index is -3.74. The Balaban J connectivity index is 2.25. The van der Waals surface area contributed by atoms with Crippen molar-refractivity contribution in [1.82, 2.24) is 0 Å². The van der Waals surface area contributed by atoms with E-state index in [9.17, 15) is 18.0 Å². The Hall–Kier alpha value is -1.74. The molecule has 0 spiro atoms. The minimum Gasteiger partial charge on any atom is -0.465 e. The molecule has 0 N–H and O–H groups in total. The number of ketones is 1. The maximum atomic E-state index is 12.5. The number of Topliss-reactive ketones (excluding diaryl/α,β-unsaturated/α-hetero) is 1. The van der Waals surface area contributed by atoms with E-state index < -0.39 is 27.3 Å². The molecule has 0 aliphatic rings. The van der Waals surface area contributed by atoms with Crippen molar-refractivity contribution < 1.29 is 22.7 Å². The molecule has 0 heterocycles. The Labute approximate surface area is 154 Å². The highest BCUT2D eigenvalue weighted by atomic mass is 127. The maximum absolute atomic E-state index is 12.5. The van der Waals surface area contributed by atoms with Crippen molar-refractivity contribution >= 4 is 44.2 Å². The molecule has 0 bridgehead atoms. The molecular weight excluding hydrogens is 443 g/mol. The average molecular weight is 458 g/mol. The first-order valence-corrected chi connectivity index (χ1v) is 9.69. The van der Waals surface area contributed by atoms with E-state index in [-0.39, 0.29) is 10.5 Å². The standard InChI is InChI=1S/C17H15IO5S/c1-11-14(18)4-3-5-16(11)24(21,22)10-15(19)12-6-8-13(9-7-12)17(20)23-2/h3-9H,10H2,1-2H3. The Morgan fingerprint density at radius 3 is 2.21 bits per heavy atom. The van der Waals surface area contributed by atoms with Gasteiger partial charge in [-0.1, -0.05) is 18.2 Å². The summed E-state index contributed by atoms with van der Waals surface area (Å²) in [4.78, 5) is 23.8. The topological polar surface area (TPSA) is 77.5 Å². The van der Waals surface area contributed by atoms with Gasteiger partial charge in [0.25, 0.3) is 0 Å². The largest absolute Gasteiger partial charge is 0.465 e. The van der Waals surface area contributed by atoms with E-state index in [1.165, 1.54) is 37.4 Å². The molecule has 0 unspecified atom stereocenters. The summed E-state index contributed by atoms with van der Waals surface area (Å²) in [5.41, 5.74) is 1.16. The minimum absolute atomic E-state index is 0.161. The first-order chi connectivity index (χ1) is 11.3. The van der Waals surface area contributed by atoms with Crippen LogP contribution >= 0.6 is 22.6 Å². The summed E-state index contributed by atoms with van der Waals surface area (Å²) in [6, 6.07) is 10.7. The molecule has 0 radical (unpaired) electrons. The van der Waals surface area contributed by atoms with Gasteiger partial charge in [-0.05, 0) is 59.3 Å². The zero-order valence-corrected chi connectivity index (χ0v) is 16.1. The molecule has 0 atom stereocenters. The lowest BCUT2D eigenvalue weighted by Crippen LogP contribution is -2.17. The van der Waals surface area contributed by atoms with Gasteiger partial charge in [0.05, 0.1) is 17.6 Å². The Kier molecular flexibility index (Phi) is 5.76. The lowest BCUT2D eigenvalue weighted by Gasteiger charge is -2.09. The molecular formula is C17H15IO5S. The first-order valence-electron chi connectivity index (χ1n) is 6.95. The Bertz CT molecular complexity index is 886. The number of methoxy groups -OCH3 is 1. The molecule has 126 valence electrons. The fourth-order valence-electron chi connectivity index (χ4n) is 2.17. The second-order valence-electron chi connectivity index (χ2n) is 5.11. The van der Waals surface area contributed by atoms with Crippen LogP contribution in [0, 0.1) is 10.5 Å². The predicted molar refractivity (Wildman–Crippen MR) is 98.1 cm³/mol. The first kappa shape index (κ1) is 18.6.